The van der Waals surface area contributed by atoms with Gasteiger partial charge in [0, 0.05) is 41.5 Å². The smallest absolute Gasteiger partial charge is 0.0332 e. The molecule has 1 saturated carbocycles. The monoisotopic (exact) mass is 292 g/mol. The molecule has 3 rings (SSSR count). The second-order valence-electron chi connectivity index (χ2n) is 6.81. The van der Waals surface area contributed by atoms with Gasteiger partial charge in [-0.15, -0.1) is 11.3 Å². The van der Waals surface area contributed by atoms with E-state index >= 15 is 0 Å². The van der Waals surface area contributed by atoms with Crippen LogP contribution in [-0.2, 0) is 13.0 Å². The van der Waals surface area contributed by atoms with E-state index in [4.69, 9.17) is 0 Å². The molecular weight excluding hydrogens is 264 g/mol. The van der Waals surface area contributed by atoms with Crippen LogP contribution < -0.4 is 5.32 Å². The Labute approximate surface area is 127 Å². The Hall–Kier alpha value is -0.380. The molecule has 0 radical (unpaired) electrons. The highest BCUT2D eigenvalue weighted by molar-refractivity contribution is 7.11. The zero-order valence-corrected chi connectivity index (χ0v) is 13.9. The maximum atomic E-state index is 3.78. The Morgan fingerprint density at radius 1 is 1.30 bits per heavy atom. The molecule has 0 amide bonds. The molecule has 2 atom stereocenters. The van der Waals surface area contributed by atoms with Crippen LogP contribution in [0.4, 0.5) is 0 Å². The number of nitrogens with zero attached hydrogens (tertiary/aromatic N) is 1. The van der Waals surface area contributed by atoms with Crippen molar-refractivity contribution >= 4 is 11.3 Å². The van der Waals surface area contributed by atoms with Crippen molar-refractivity contribution in [3.05, 3.63) is 21.9 Å². The number of nitrogens with one attached hydrogen (secondary N) is 1. The molecule has 0 bridgehead atoms. The summed E-state index contributed by atoms with van der Waals surface area (Å²) in [6, 6.07) is 6.10. The number of piperazine rings is 1. The normalized spacial score (nSPS) is 28.2. The van der Waals surface area contributed by atoms with Gasteiger partial charge >= 0.3 is 0 Å². The van der Waals surface area contributed by atoms with Crippen LogP contribution in [0, 0.1) is 11.8 Å². The summed E-state index contributed by atoms with van der Waals surface area (Å²) in [6.07, 6.45) is 4.06. The molecule has 1 aromatic heterocycles. The van der Waals surface area contributed by atoms with Crippen molar-refractivity contribution < 1.29 is 0 Å². The summed E-state index contributed by atoms with van der Waals surface area (Å²) in [5.74, 6) is 1.69. The number of aryl methyl sites for hydroxylation is 1. The Morgan fingerprint density at radius 3 is 2.65 bits per heavy atom. The molecule has 1 aliphatic carbocycles. The summed E-state index contributed by atoms with van der Waals surface area (Å²) in [5.41, 5.74) is 0. The van der Waals surface area contributed by atoms with Crippen molar-refractivity contribution in [3.8, 4) is 0 Å². The molecule has 112 valence electrons. The zero-order chi connectivity index (χ0) is 14.1. The lowest BCUT2D eigenvalue weighted by atomic mass is 9.97. The molecule has 1 saturated heterocycles. The first-order valence-corrected chi connectivity index (χ1v) is 9.04. The lowest BCUT2D eigenvalue weighted by Gasteiger charge is -2.42. The van der Waals surface area contributed by atoms with Gasteiger partial charge in [0.1, 0.15) is 0 Å². The first-order chi connectivity index (χ1) is 9.67. The quantitative estimate of drug-likeness (QED) is 0.893. The second kappa shape index (κ2) is 6.17. The maximum absolute atomic E-state index is 3.78. The van der Waals surface area contributed by atoms with Crippen LogP contribution in [0.15, 0.2) is 12.1 Å². The van der Waals surface area contributed by atoms with Crippen LogP contribution in [0.25, 0.3) is 0 Å². The van der Waals surface area contributed by atoms with Crippen LogP contribution in [0.3, 0.4) is 0 Å². The van der Waals surface area contributed by atoms with Gasteiger partial charge in [-0.2, -0.15) is 0 Å². The molecule has 1 N–H and O–H groups in total. The van der Waals surface area contributed by atoms with Gasteiger partial charge in [-0.1, -0.05) is 20.8 Å². The third-order valence-electron chi connectivity index (χ3n) is 4.88. The molecule has 2 heterocycles. The highest BCUT2D eigenvalue weighted by atomic mass is 32.1. The van der Waals surface area contributed by atoms with Gasteiger partial charge in [0.25, 0.3) is 0 Å². The molecule has 3 heteroatoms. The molecule has 0 aromatic carbocycles. The molecule has 2 nitrogen and oxygen atoms in total. The van der Waals surface area contributed by atoms with Crippen molar-refractivity contribution in [2.75, 3.05) is 13.1 Å². The average molecular weight is 292 g/mol. The van der Waals surface area contributed by atoms with E-state index < -0.39 is 0 Å². The average Bonchev–Trinajstić information content (AvgIpc) is 3.18. The number of thiophene rings is 1. The van der Waals surface area contributed by atoms with E-state index in [0.29, 0.717) is 6.04 Å². The Bertz CT molecular complexity index is 436. The predicted octanol–water partition coefficient (Wildman–Crippen LogP) is 3.52. The molecule has 20 heavy (non-hydrogen) atoms. The molecule has 2 unspecified atom stereocenters. The van der Waals surface area contributed by atoms with E-state index in [1.54, 1.807) is 4.88 Å². The van der Waals surface area contributed by atoms with E-state index in [1.807, 2.05) is 11.3 Å². The van der Waals surface area contributed by atoms with Gasteiger partial charge in [0.15, 0.2) is 0 Å². The number of hydrogen-bond donors (Lipinski definition) is 1. The maximum Gasteiger partial charge on any atom is 0.0332 e. The van der Waals surface area contributed by atoms with Gasteiger partial charge in [-0.05, 0) is 43.2 Å². The fourth-order valence-electron chi connectivity index (χ4n) is 3.33. The molecule has 2 aliphatic rings. The van der Waals surface area contributed by atoms with Crippen molar-refractivity contribution in [2.24, 2.45) is 11.8 Å². The van der Waals surface area contributed by atoms with E-state index in [9.17, 15) is 0 Å². The standard InChI is InChI=1S/C17H28N2S/c1-4-14-7-8-15(20-14)10-19-11-16(12(2)3)18-9-17(19)13-5-6-13/h7-8,12-13,16-18H,4-6,9-11H2,1-3H3. The summed E-state index contributed by atoms with van der Waals surface area (Å²) >= 11 is 2.01. The van der Waals surface area contributed by atoms with Crippen molar-refractivity contribution in [1.29, 1.82) is 0 Å². The molecule has 1 aromatic rings. The molecule has 2 fully saturated rings. The number of rotatable bonds is 5. The second-order valence-corrected chi connectivity index (χ2v) is 8.07. The molecular formula is C17H28N2S. The fraction of sp³-hybridized carbons (Fsp3) is 0.765. The first-order valence-electron chi connectivity index (χ1n) is 8.22. The summed E-state index contributed by atoms with van der Waals surface area (Å²) in [6.45, 7) is 10.5. The van der Waals surface area contributed by atoms with E-state index in [0.717, 1.165) is 24.4 Å². The van der Waals surface area contributed by atoms with Crippen LogP contribution in [0.5, 0.6) is 0 Å². The largest absolute Gasteiger partial charge is 0.311 e. The van der Waals surface area contributed by atoms with Crippen molar-refractivity contribution in [3.63, 3.8) is 0 Å². The lowest BCUT2D eigenvalue weighted by Crippen LogP contribution is -2.58. The van der Waals surface area contributed by atoms with E-state index in [-0.39, 0.29) is 0 Å². The number of hydrogen-bond acceptors (Lipinski definition) is 3. The van der Waals surface area contributed by atoms with E-state index in [1.165, 1.54) is 37.2 Å². The minimum absolute atomic E-state index is 0.663. The summed E-state index contributed by atoms with van der Waals surface area (Å²) in [5, 5.41) is 3.78. The summed E-state index contributed by atoms with van der Waals surface area (Å²) in [7, 11) is 0. The first kappa shape index (κ1) is 14.6. The van der Waals surface area contributed by atoms with Crippen molar-refractivity contribution in [2.45, 2.75) is 58.7 Å². The zero-order valence-electron chi connectivity index (χ0n) is 13.1. The third kappa shape index (κ3) is 3.26. The van der Waals surface area contributed by atoms with Gasteiger partial charge in [0.2, 0.25) is 0 Å². The van der Waals surface area contributed by atoms with Gasteiger partial charge in [-0.3, -0.25) is 4.90 Å². The Balaban J connectivity index is 1.68. The fourth-order valence-corrected chi connectivity index (χ4v) is 4.31. The SMILES string of the molecule is CCc1ccc(CN2CC(C(C)C)NCC2C2CC2)s1. The lowest BCUT2D eigenvalue weighted by molar-refractivity contribution is 0.0936. The Kier molecular flexibility index (Phi) is 4.49. The van der Waals surface area contributed by atoms with Crippen LogP contribution in [0.1, 0.15) is 43.4 Å². The highest BCUT2D eigenvalue weighted by Crippen LogP contribution is 2.37. The summed E-state index contributed by atoms with van der Waals surface area (Å²) < 4.78 is 0. The minimum Gasteiger partial charge on any atom is -0.311 e. The minimum atomic E-state index is 0.663. The predicted molar refractivity (Wildman–Crippen MR) is 87.2 cm³/mol. The van der Waals surface area contributed by atoms with Gasteiger partial charge < -0.3 is 5.32 Å². The summed E-state index contributed by atoms with van der Waals surface area (Å²) in [4.78, 5) is 5.85. The van der Waals surface area contributed by atoms with Gasteiger partial charge in [-0.25, -0.2) is 0 Å². The third-order valence-corrected chi connectivity index (χ3v) is 6.10. The molecule has 0 spiro atoms. The molecule has 1 aliphatic heterocycles. The van der Waals surface area contributed by atoms with Crippen molar-refractivity contribution in [1.82, 2.24) is 10.2 Å². The highest BCUT2D eigenvalue weighted by Gasteiger charge is 2.39. The van der Waals surface area contributed by atoms with Crippen LogP contribution in [0.2, 0.25) is 0 Å². The van der Waals surface area contributed by atoms with Crippen LogP contribution >= 0.6 is 11.3 Å². The topological polar surface area (TPSA) is 15.3 Å². The van der Waals surface area contributed by atoms with Gasteiger partial charge in [0.05, 0.1) is 0 Å². The Morgan fingerprint density at radius 2 is 2.05 bits per heavy atom. The van der Waals surface area contributed by atoms with Crippen LogP contribution in [-0.4, -0.2) is 30.1 Å². The van der Waals surface area contributed by atoms with E-state index in [2.05, 4.69) is 43.1 Å².